The van der Waals surface area contributed by atoms with Gasteiger partial charge in [0.1, 0.15) is 0 Å². The molecule has 3 aromatic heterocycles. The van der Waals surface area contributed by atoms with Crippen LogP contribution < -0.4 is 31.5 Å². The monoisotopic (exact) mass is 1190 g/mol. The number of pyridine rings is 1. The maximum atomic E-state index is 5.17. The quantitative estimate of drug-likeness (QED) is 0.146. The Morgan fingerprint density at radius 2 is 0.806 bits per heavy atom. The topological polar surface area (TPSA) is 41.3 Å². The summed E-state index contributed by atoms with van der Waals surface area (Å²) >= 11 is 0. The number of aromatic nitrogens is 3. The molecule has 93 heavy (non-hydrogen) atoms. The van der Waals surface area contributed by atoms with Crippen LogP contribution in [0.15, 0.2) is 315 Å². The first-order valence-corrected chi connectivity index (χ1v) is 32.3. The van der Waals surface area contributed by atoms with E-state index in [2.05, 4.69) is 355 Å². The number of allylic oxidation sites excluding steroid dienone is 1. The first kappa shape index (κ1) is 54.3. The van der Waals surface area contributed by atoms with Gasteiger partial charge in [-0.25, -0.2) is 0 Å². The molecule has 0 spiro atoms. The van der Waals surface area contributed by atoms with E-state index in [1.165, 1.54) is 49.1 Å². The molecule has 3 aliphatic heterocycles. The summed E-state index contributed by atoms with van der Waals surface area (Å²) < 4.78 is 5.00. The average molecular weight is 1190 g/mol. The van der Waals surface area contributed by atoms with E-state index in [1.54, 1.807) is 0 Å². The Morgan fingerprint density at radius 1 is 0.376 bits per heavy atom. The smallest absolute Gasteiger partial charge is 0.252 e. The zero-order chi connectivity index (χ0) is 61.9. The van der Waals surface area contributed by atoms with Crippen molar-refractivity contribution in [1.29, 1.82) is 0 Å². The van der Waals surface area contributed by atoms with E-state index in [4.69, 9.17) is 4.98 Å². The second-order valence-electron chi connectivity index (χ2n) is 25.9. The van der Waals surface area contributed by atoms with E-state index in [0.29, 0.717) is 6.54 Å². The number of dihydropyridines is 1. The van der Waals surface area contributed by atoms with Gasteiger partial charge in [-0.2, -0.15) is 0 Å². The van der Waals surface area contributed by atoms with Crippen LogP contribution in [0.2, 0.25) is 0 Å². The van der Waals surface area contributed by atoms with Gasteiger partial charge >= 0.3 is 0 Å². The van der Waals surface area contributed by atoms with Gasteiger partial charge in [-0.15, -0.1) is 0 Å². The van der Waals surface area contributed by atoms with Crippen molar-refractivity contribution in [3.05, 3.63) is 332 Å². The third-order valence-electron chi connectivity index (χ3n) is 19.6. The number of hydrogen-bond acceptors (Lipinski definition) is 4. The predicted molar refractivity (Wildman–Crippen MR) is 392 cm³/mol. The molecule has 0 saturated carbocycles. The van der Waals surface area contributed by atoms with Gasteiger partial charge < -0.3 is 24.3 Å². The lowest BCUT2D eigenvalue weighted by molar-refractivity contribution is 0.590. The van der Waals surface area contributed by atoms with Crippen molar-refractivity contribution in [2.45, 2.75) is 26.2 Å². The van der Waals surface area contributed by atoms with Crippen LogP contribution in [0, 0.1) is 0 Å². The normalized spacial score (nSPS) is 13.5. The van der Waals surface area contributed by atoms with Crippen molar-refractivity contribution in [3.63, 3.8) is 0 Å². The number of benzene rings is 12. The number of fused-ring (bicyclic) bond motifs is 10. The van der Waals surface area contributed by atoms with Crippen LogP contribution in [0.3, 0.4) is 0 Å². The molecule has 0 atom stereocenters. The van der Waals surface area contributed by atoms with Gasteiger partial charge in [-0.1, -0.05) is 257 Å². The Morgan fingerprint density at radius 3 is 1.33 bits per heavy atom. The van der Waals surface area contributed by atoms with Gasteiger partial charge in [-0.3, -0.25) is 4.98 Å². The van der Waals surface area contributed by atoms with Gasteiger partial charge in [0.2, 0.25) is 0 Å². The average Bonchev–Trinajstić information content (AvgIpc) is 0.867. The predicted octanol–water partition coefficient (Wildman–Crippen LogP) is 19.4. The maximum absolute atomic E-state index is 5.17. The maximum Gasteiger partial charge on any atom is 0.252 e. The van der Waals surface area contributed by atoms with Gasteiger partial charge in [-0.05, 0) is 115 Å². The molecule has 12 aromatic carbocycles. The molecule has 0 saturated heterocycles. The van der Waals surface area contributed by atoms with E-state index in [9.17, 15) is 0 Å². The van der Waals surface area contributed by atoms with Crippen LogP contribution in [0.4, 0.5) is 28.4 Å². The molecule has 0 fully saturated rings. The summed E-state index contributed by atoms with van der Waals surface area (Å²) in [5.74, 6) is 0. The fraction of sp³-hybridized carbons (Fsp3) is 0.0581. The molecule has 0 aliphatic carbocycles. The van der Waals surface area contributed by atoms with Crippen LogP contribution >= 0.6 is 0 Å². The fourth-order valence-corrected chi connectivity index (χ4v) is 15.4. The van der Waals surface area contributed by atoms with Gasteiger partial charge in [0.15, 0.2) is 0 Å². The highest BCUT2D eigenvalue weighted by atomic mass is 15.2. The lowest BCUT2D eigenvalue weighted by atomic mass is 9.33. The van der Waals surface area contributed by atoms with Crippen molar-refractivity contribution in [2.75, 3.05) is 16.3 Å². The Bertz CT molecular complexity index is 5380. The highest BCUT2D eigenvalue weighted by molar-refractivity contribution is 7.00. The molecule has 1 N–H and O–H groups in total. The Balaban J connectivity index is 1.03. The van der Waals surface area contributed by atoms with E-state index in [0.717, 1.165) is 118 Å². The molecule has 15 aromatic rings. The summed E-state index contributed by atoms with van der Waals surface area (Å²) in [6.07, 6.45) is 6.43. The third-order valence-corrected chi connectivity index (χ3v) is 19.6. The molecular weight excluding hydrogens is 1130 g/mol. The molecule has 440 valence electrons. The minimum absolute atomic E-state index is 0.00291. The second-order valence-corrected chi connectivity index (χ2v) is 25.9. The Kier molecular flexibility index (Phi) is 12.6. The largest absolute Gasteiger partial charge is 0.386 e. The molecule has 0 radical (unpaired) electrons. The molecule has 6 nitrogen and oxygen atoms in total. The van der Waals surface area contributed by atoms with E-state index < -0.39 is 0 Å². The zero-order valence-electron chi connectivity index (χ0n) is 52.0. The summed E-state index contributed by atoms with van der Waals surface area (Å²) in [5, 5.41) is 8.69. The Hall–Kier alpha value is -11.7. The lowest BCUT2D eigenvalue weighted by Gasteiger charge is -2.46. The van der Waals surface area contributed by atoms with Crippen LogP contribution in [0.25, 0.3) is 99.5 Å². The van der Waals surface area contributed by atoms with Crippen LogP contribution in [0.1, 0.15) is 37.5 Å². The second kappa shape index (κ2) is 21.5. The van der Waals surface area contributed by atoms with Gasteiger partial charge in [0, 0.05) is 97.4 Å². The highest BCUT2D eigenvalue weighted by Gasteiger charge is 2.46. The lowest BCUT2D eigenvalue weighted by Crippen LogP contribution is -2.62. The zero-order valence-corrected chi connectivity index (χ0v) is 52.0. The summed E-state index contributed by atoms with van der Waals surface area (Å²) in [4.78, 5) is 10.5. The van der Waals surface area contributed by atoms with Crippen LogP contribution in [0.5, 0.6) is 0 Å². The van der Waals surface area contributed by atoms with Crippen molar-refractivity contribution >= 4 is 106 Å². The number of hydrogen-bond donors (Lipinski definition) is 1. The first-order valence-electron chi connectivity index (χ1n) is 32.3. The first-order chi connectivity index (χ1) is 45.8. The summed E-state index contributed by atoms with van der Waals surface area (Å²) in [7, 11) is 0. The van der Waals surface area contributed by atoms with Crippen molar-refractivity contribution in [1.82, 2.24) is 19.4 Å². The summed E-state index contributed by atoms with van der Waals surface area (Å²) in [6, 6.07) is 108. The number of nitrogens with one attached hydrogen (secondary N) is 1. The molecule has 0 bridgehead atoms. The molecule has 0 amide bonds. The third kappa shape index (κ3) is 8.68. The van der Waals surface area contributed by atoms with E-state index >= 15 is 0 Å². The van der Waals surface area contributed by atoms with Gasteiger partial charge in [0.05, 0.1) is 39.1 Å². The summed E-state index contributed by atoms with van der Waals surface area (Å²) in [5.41, 5.74) is 29.4. The number of para-hydroxylation sites is 4. The standard InChI is InChI=1S/C86H63BN6/c1-86(2,3)62-43-40-56(41-44-62)61-42-46-73-79(48-61)92(84-69(57-24-8-4-9-25-57)52-88-53-70(84)58-26-10-5-11-27-58)81-50-64(91-77-38-22-18-34-67(77)68-35-19-23-39-78(68)91)51-82-83(81)87(73)74-47-45-63(90-75-36-20-16-32-65(75)66-33-17-21-37-76(66)90)49-80(74)93(82)85-71(59-28-12-6-13-29-59)54-89-55-72(85)60-30-14-7-15-31-60/h4-54,89H,55H2,1-3H3. The van der Waals surface area contributed by atoms with Crippen LogP contribution in [-0.2, 0) is 5.41 Å². The SMILES string of the molecule is CC(C)(C)c1ccc(-c2ccc3c(c2)N(c2c(-c4ccccc4)cncc2-c2ccccc2)c2cc(-n4c5ccccc5c5ccccc54)cc4c2B3c2ccc(-n3c5ccccc5c5ccccc53)cc2N4C2=C(c3ccccc3)CNC=C2c2ccccc2)cc1. The van der Waals surface area contributed by atoms with E-state index in [1.807, 2.05) is 0 Å². The van der Waals surface area contributed by atoms with Crippen molar-refractivity contribution in [2.24, 2.45) is 0 Å². The van der Waals surface area contributed by atoms with Crippen molar-refractivity contribution < 1.29 is 0 Å². The fourth-order valence-electron chi connectivity index (χ4n) is 15.4. The number of rotatable bonds is 9. The summed E-state index contributed by atoms with van der Waals surface area (Å²) in [6.45, 7) is 7.25. The molecule has 7 heteroatoms. The molecular formula is C86H63BN6. The molecule has 3 aliphatic rings. The van der Waals surface area contributed by atoms with Crippen LogP contribution in [-0.4, -0.2) is 27.4 Å². The minimum atomic E-state index is -0.238. The molecule has 0 unspecified atom stereocenters. The van der Waals surface area contributed by atoms with E-state index in [-0.39, 0.29) is 12.1 Å². The van der Waals surface area contributed by atoms with Crippen molar-refractivity contribution in [3.8, 4) is 44.8 Å². The Labute approximate surface area is 542 Å². The minimum Gasteiger partial charge on any atom is -0.386 e. The highest BCUT2D eigenvalue weighted by Crippen LogP contribution is 2.53. The number of nitrogens with zero attached hydrogens (tertiary/aromatic N) is 5. The molecule has 6 heterocycles. The van der Waals surface area contributed by atoms with Gasteiger partial charge in [0.25, 0.3) is 6.71 Å². The number of anilines is 5. The molecule has 18 rings (SSSR count).